The molecule has 2 rings (SSSR count). The van der Waals surface area contributed by atoms with Gasteiger partial charge in [-0.25, -0.2) is 13.4 Å². The third kappa shape index (κ3) is 2.98. The molecule has 1 fully saturated rings. The Morgan fingerprint density at radius 1 is 1.45 bits per heavy atom. The van der Waals surface area contributed by atoms with Crippen LogP contribution in [0.1, 0.15) is 13.3 Å². The summed E-state index contributed by atoms with van der Waals surface area (Å²) in [5.41, 5.74) is -0.905. The molecular formula is C11H16N4O4S. The van der Waals surface area contributed by atoms with Gasteiger partial charge >= 0.3 is 5.69 Å². The highest BCUT2D eigenvalue weighted by Crippen LogP contribution is 2.31. The van der Waals surface area contributed by atoms with Gasteiger partial charge < -0.3 is 10.6 Å². The standard InChI is InChI=1S/C11H16N4O4S/c1-11(5-6-20(18,19)7-11)14-10-8(15(16)17)3-4-9(12-2)13-10/h3-4H,5-7H2,1-2H3,(H2,12,13,14). The van der Waals surface area contributed by atoms with Crippen LogP contribution in [0.4, 0.5) is 17.3 Å². The number of nitrogens with zero attached hydrogens (tertiary/aromatic N) is 2. The molecule has 1 aromatic heterocycles. The van der Waals surface area contributed by atoms with Crippen molar-refractivity contribution in [2.75, 3.05) is 29.2 Å². The summed E-state index contributed by atoms with van der Waals surface area (Å²) in [5.74, 6) is 0.586. The molecule has 0 spiro atoms. The van der Waals surface area contributed by atoms with Gasteiger partial charge in [0.15, 0.2) is 9.84 Å². The van der Waals surface area contributed by atoms with E-state index in [1.807, 2.05) is 0 Å². The van der Waals surface area contributed by atoms with Crippen molar-refractivity contribution in [1.29, 1.82) is 0 Å². The van der Waals surface area contributed by atoms with Crippen LogP contribution in [0.5, 0.6) is 0 Å². The zero-order valence-corrected chi connectivity index (χ0v) is 12.0. The van der Waals surface area contributed by atoms with Gasteiger partial charge in [-0.05, 0) is 19.4 Å². The Labute approximate surface area is 116 Å². The summed E-state index contributed by atoms with van der Waals surface area (Å²) in [6.07, 6.45) is 0.401. The van der Waals surface area contributed by atoms with Gasteiger partial charge in [0.1, 0.15) is 5.82 Å². The normalized spacial score (nSPS) is 24.3. The second-order valence-electron chi connectivity index (χ2n) is 5.10. The van der Waals surface area contributed by atoms with Gasteiger partial charge in [-0.3, -0.25) is 10.1 Å². The highest BCUT2D eigenvalue weighted by molar-refractivity contribution is 7.91. The first-order chi connectivity index (χ1) is 9.25. The lowest BCUT2D eigenvalue weighted by molar-refractivity contribution is -0.384. The van der Waals surface area contributed by atoms with Crippen molar-refractivity contribution in [3.63, 3.8) is 0 Å². The Balaban J connectivity index is 2.35. The molecule has 1 unspecified atom stereocenters. The van der Waals surface area contributed by atoms with Crippen LogP contribution in [-0.2, 0) is 9.84 Å². The summed E-state index contributed by atoms with van der Waals surface area (Å²) in [5, 5.41) is 16.7. The summed E-state index contributed by atoms with van der Waals surface area (Å²) in [6.45, 7) is 1.73. The lowest BCUT2D eigenvalue weighted by Gasteiger charge is -2.24. The predicted molar refractivity (Wildman–Crippen MR) is 75.7 cm³/mol. The molecule has 8 nitrogen and oxygen atoms in total. The molecule has 0 aliphatic carbocycles. The number of hydrogen-bond donors (Lipinski definition) is 2. The Hall–Kier alpha value is -1.90. The van der Waals surface area contributed by atoms with Crippen LogP contribution >= 0.6 is 0 Å². The first-order valence-corrected chi connectivity index (χ1v) is 7.89. The average molecular weight is 300 g/mol. The van der Waals surface area contributed by atoms with Crippen LogP contribution in [0.3, 0.4) is 0 Å². The molecule has 2 N–H and O–H groups in total. The van der Waals surface area contributed by atoms with Crippen molar-refractivity contribution in [2.24, 2.45) is 0 Å². The van der Waals surface area contributed by atoms with Crippen LogP contribution in [0, 0.1) is 10.1 Å². The van der Waals surface area contributed by atoms with Crippen molar-refractivity contribution in [2.45, 2.75) is 18.9 Å². The second-order valence-corrected chi connectivity index (χ2v) is 7.28. The molecule has 1 aliphatic rings. The molecular weight excluding hydrogens is 284 g/mol. The zero-order chi connectivity index (χ0) is 15.0. The van der Waals surface area contributed by atoms with E-state index in [0.717, 1.165) is 0 Å². The van der Waals surface area contributed by atoms with Crippen LogP contribution in [0.15, 0.2) is 12.1 Å². The van der Waals surface area contributed by atoms with Crippen LogP contribution in [0.2, 0.25) is 0 Å². The molecule has 1 aliphatic heterocycles. The maximum absolute atomic E-state index is 11.6. The molecule has 20 heavy (non-hydrogen) atoms. The van der Waals surface area contributed by atoms with E-state index >= 15 is 0 Å². The molecule has 0 saturated carbocycles. The lowest BCUT2D eigenvalue weighted by Crippen LogP contribution is -2.36. The fraction of sp³-hybridized carbons (Fsp3) is 0.545. The minimum Gasteiger partial charge on any atom is -0.373 e. The van der Waals surface area contributed by atoms with Crippen LogP contribution < -0.4 is 10.6 Å². The molecule has 0 amide bonds. The summed E-state index contributed by atoms with van der Waals surface area (Å²) in [6, 6.07) is 2.84. The fourth-order valence-corrected chi connectivity index (χ4v) is 4.32. The molecule has 0 bridgehead atoms. The number of pyridine rings is 1. The second kappa shape index (κ2) is 4.89. The molecule has 1 aromatic rings. The Morgan fingerprint density at radius 2 is 2.15 bits per heavy atom. The van der Waals surface area contributed by atoms with Crippen LogP contribution in [-0.4, -0.2) is 42.4 Å². The SMILES string of the molecule is CNc1ccc([N+](=O)[O-])c(NC2(C)CCS(=O)(=O)C2)n1. The van der Waals surface area contributed by atoms with Crippen molar-refractivity contribution < 1.29 is 13.3 Å². The fourth-order valence-electron chi connectivity index (χ4n) is 2.23. The molecule has 0 radical (unpaired) electrons. The number of nitrogens with one attached hydrogen (secondary N) is 2. The van der Waals surface area contributed by atoms with Crippen molar-refractivity contribution >= 4 is 27.2 Å². The summed E-state index contributed by atoms with van der Waals surface area (Å²) in [7, 11) is -1.45. The number of nitro groups is 1. The van der Waals surface area contributed by atoms with E-state index < -0.39 is 20.3 Å². The van der Waals surface area contributed by atoms with Gasteiger partial charge in [-0.15, -0.1) is 0 Å². The third-order valence-corrected chi connectivity index (χ3v) is 5.15. The first kappa shape index (κ1) is 14.5. The van der Waals surface area contributed by atoms with Gasteiger partial charge in [0.2, 0.25) is 5.82 Å². The summed E-state index contributed by atoms with van der Waals surface area (Å²) >= 11 is 0. The van der Waals surface area contributed by atoms with E-state index in [0.29, 0.717) is 12.2 Å². The molecule has 1 saturated heterocycles. The number of hydrogen-bond acceptors (Lipinski definition) is 7. The van der Waals surface area contributed by atoms with Crippen molar-refractivity contribution in [3.8, 4) is 0 Å². The van der Waals surface area contributed by atoms with E-state index in [1.165, 1.54) is 12.1 Å². The Kier molecular flexibility index (Phi) is 3.55. The van der Waals surface area contributed by atoms with Gasteiger partial charge in [0, 0.05) is 13.1 Å². The highest BCUT2D eigenvalue weighted by Gasteiger charge is 2.39. The van der Waals surface area contributed by atoms with E-state index in [4.69, 9.17) is 0 Å². The van der Waals surface area contributed by atoms with Gasteiger partial charge in [-0.1, -0.05) is 0 Å². The number of rotatable bonds is 4. The van der Waals surface area contributed by atoms with E-state index in [1.54, 1.807) is 14.0 Å². The number of aromatic nitrogens is 1. The van der Waals surface area contributed by atoms with E-state index in [-0.39, 0.29) is 23.0 Å². The summed E-state index contributed by atoms with van der Waals surface area (Å²) < 4.78 is 23.1. The maximum atomic E-state index is 11.6. The van der Waals surface area contributed by atoms with Gasteiger partial charge in [0.05, 0.1) is 22.0 Å². The summed E-state index contributed by atoms with van der Waals surface area (Å²) in [4.78, 5) is 14.6. The minimum absolute atomic E-state index is 0.0530. The Bertz CT molecular complexity index is 646. The molecule has 2 heterocycles. The zero-order valence-electron chi connectivity index (χ0n) is 11.2. The predicted octanol–water partition coefficient (Wildman–Crippen LogP) is 1.02. The van der Waals surface area contributed by atoms with Crippen molar-refractivity contribution in [3.05, 3.63) is 22.2 Å². The number of anilines is 2. The molecule has 1 atom stereocenters. The Morgan fingerprint density at radius 3 is 2.65 bits per heavy atom. The average Bonchev–Trinajstić information content (AvgIpc) is 2.62. The third-order valence-electron chi connectivity index (χ3n) is 3.25. The van der Waals surface area contributed by atoms with E-state index in [2.05, 4.69) is 15.6 Å². The quantitative estimate of drug-likeness (QED) is 0.630. The smallest absolute Gasteiger partial charge is 0.311 e. The topological polar surface area (TPSA) is 114 Å². The molecule has 0 aromatic carbocycles. The van der Waals surface area contributed by atoms with E-state index in [9.17, 15) is 18.5 Å². The minimum atomic E-state index is -3.10. The molecule has 9 heteroatoms. The van der Waals surface area contributed by atoms with Gasteiger partial charge in [-0.2, -0.15) is 0 Å². The highest BCUT2D eigenvalue weighted by atomic mass is 32.2. The molecule has 110 valence electrons. The van der Waals surface area contributed by atoms with Crippen molar-refractivity contribution in [1.82, 2.24) is 4.98 Å². The number of sulfone groups is 1. The lowest BCUT2D eigenvalue weighted by atomic mass is 10.0. The van der Waals surface area contributed by atoms with Crippen LogP contribution in [0.25, 0.3) is 0 Å². The monoisotopic (exact) mass is 300 g/mol. The largest absolute Gasteiger partial charge is 0.373 e. The van der Waals surface area contributed by atoms with Gasteiger partial charge in [0.25, 0.3) is 0 Å². The first-order valence-electron chi connectivity index (χ1n) is 6.06. The maximum Gasteiger partial charge on any atom is 0.311 e.